The van der Waals surface area contributed by atoms with E-state index in [1.54, 1.807) is 12.1 Å². The largest absolute Gasteiger partial charge is 0.382 e. The molecule has 1 aromatic carbocycles. The average Bonchev–Trinajstić information content (AvgIpc) is 2.45. The Labute approximate surface area is 120 Å². The van der Waals surface area contributed by atoms with Crippen LogP contribution in [0.1, 0.15) is 32.3 Å². The summed E-state index contributed by atoms with van der Waals surface area (Å²) >= 11 is 0. The molecule has 1 unspecified atom stereocenters. The molecule has 0 bridgehead atoms. The molecule has 5 heteroatoms. The average molecular weight is 280 g/mol. The molecule has 0 spiro atoms. The van der Waals surface area contributed by atoms with E-state index in [1.807, 2.05) is 19.1 Å². The van der Waals surface area contributed by atoms with Gasteiger partial charge in [-0.1, -0.05) is 25.1 Å². The van der Waals surface area contributed by atoms with Crippen LogP contribution in [0, 0.1) is 10.1 Å². The highest BCUT2D eigenvalue weighted by Gasteiger charge is 2.17. The Hall–Kier alpha value is -1.46. The molecular weight excluding hydrogens is 256 g/mol. The summed E-state index contributed by atoms with van der Waals surface area (Å²) in [4.78, 5) is 10.7. The molecule has 0 aliphatic carbocycles. The van der Waals surface area contributed by atoms with Crippen LogP contribution in [0.2, 0.25) is 0 Å². The van der Waals surface area contributed by atoms with Crippen molar-refractivity contribution < 1.29 is 9.66 Å². The summed E-state index contributed by atoms with van der Waals surface area (Å²) < 4.78 is 5.39. The lowest BCUT2D eigenvalue weighted by Crippen LogP contribution is -2.33. The van der Waals surface area contributed by atoms with Crippen molar-refractivity contribution in [3.05, 3.63) is 39.9 Å². The molecule has 0 aliphatic heterocycles. The molecular formula is C15H24N2O3. The molecule has 112 valence electrons. The molecule has 0 saturated carbocycles. The molecule has 0 fully saturated rings. The molecule has 5 nitrogen and oxygen atoms in total. The lowest BCUT2D eigenvalue weighted by atomic mass is 10.0. The van der Waals surface area contributed by atoms with Crippen LogP contribution >= 0.6 is 0 Å². The second-order valence-electron chi connectivity index (χ2n) is 4.73. The lowest BCUT2D eigenvalue weighted by Gasteiger charge is -2.18. The molecule has 0 amide bonds. The van der Waals surface area contributed by atoms with Crippen LogP contribution < -0.4 is 5.32 Å². The predicted octanol–water partition coefficient (Wildman–Crippen LogP) is 2.93. The van der Waals surface area contributed by atoms with Gasteiger partial charge in [-0.2, -0.15) is 0 Å². The molecule has 0 heterocycles. The fourth-order valence-electron chi connectivity index (χ4n) is 2.12. The quantitative estimate of drug-likeness (QED) is 0.406. The first kappa shape index (κ1) is 16.6. The maximum atomic E-state index is 11.0. The fraction of sp³-hybridized carbons (Fsp3) is 0.600. The van der Waals surface area contributed by atoms with Crippen molar-refractivity contribution in [2.75, 3.05) is 19.8 Å². The summed E-state index contributed by atoms with van der Waals surface area (Å²) in [6.45, 7) is 6.37. The summed E-state index contributed by atoms with van der Waals surface area (Å²) in [6, 6.07) is 7.16. The number of ether oxygens (including phenoxy) is 1. The normalized spacial score (nSPS) is 12.3. The Morgan fingerprint density at radius 3 is 2.75 bits per heavy atom. The van der Waals surface area contributed by atoms with Crippen molar-refractivity contribution in [2.24, 2.45) is 0 Å². The summed E-state index contributed by atoms with van der Waals surface area (Å²) in [5, 5.41) is 14.5. The molecule has 0 aliphatic rings. The second-order valence-corrected chi connectivity index (χ2v) is 4.73. The number of benzene rings is 1. The van der Waals surface area contributed by atoms with Crippen LogP contribution in [0.4, 0.5) is 5.69 Å². The Balaban J connectivity index is 2.69. The van der Waals surface area contributed by atoms with Crippen molar-refractivity contribution in [3.63, 3.8) is 0 Å². The molecule has 1 rings (SSSR count). The number of nitrogens with zero attached hydrogens (tertiary/aromatic N) is 1. The van der Waals surface area contributed by atoms with Gasteiger partial charge < -0.3 is 10.1 Å². The highest BCUT2D eigenvalue weighted by molar-refractivity contribution is 5.40. The van der Waals surface area contributed by atoms with Crippen LogP contribution in [-0.4, -0.2) is 30.7 Å². The van der Waals surface area contributed by atoms with Gasteiger partial charge in [-0.15, -0.1) is 0 Å². The van der Waals surface area contributed by atoms with Crippen molar-refractivity contribution in [1.29, 1.82) is 0 Å². The number of nitro groups is 1. The number of nitrogens with one attached hydrogen (secondary N) is 1. The third-order valence-corrected chi connectivity index (χ3v) is 3.15. The molecule has 0 radical (unpaired) electrons. The van der Waals surface area contributed by atoms with Gasteiger partial charge in [-0.25, -0.2) is 0 Å². The van der Waals surface area contributed by atoms with Crippen LogP contribution in [0.25, 0.3) is 0 Å². The zero-order chi connectivity index (χ0) is 14.8. The minimum absolute atomic E-state index is 0.201. The van der Waals surface area contributed by atoms with Crippen molar-refractivity contribution >= 4 is 5.69 Å². The summed E-state index contributed by atoms with van der Waals surface area (Å²) in [7, 11) is 0. The number of para-hydroxylation sites is 1. The molecule has 0 aromatic heterocycles. The van der Waals surface area contributed by atoms with Gasteiger partial charge >= 0.3 is 0 Å². The summed E-state index contributed by atoms with van der Waals surface area (Å²) in [6.07, 6.45) is 2.56. The Kier molecular flexibility index (Phi) is 7.84. The fourth-order valence-corrected chi connectivity index (χ4v) is 2.12. The lowest BCUT2D eigenvalue weighted by molar-refractivity contribution is -0.385. The first-order valence-corrected chi connectivity index (χ1v) is 7.22. The van der Waals surface area contributed by atoms with Crippen molar-refractivity contribution in [3.8, 4) is 0 Å². The number of hydrogen-bond donors (Lipinski definition) is 1. The first-order chi connectivity index (χ1) is 9.69. The molecule has 20 heavy (non-hydrogen) atoms. The predicted molar refractivity (Wildman–Crippen MR) is 80.0 cm³/mol. The van der Waals surface area contributed by atoms with Gasteiger partial charge in [0.15, 0.2) is 0 Å². The Morgan fingerprint density at radius 2 is 2.10 bits per heavy atom. The van der Waals surface area contributed by atoms with Gasteiger partial charge in [0.25, 0.3) is 5.69 Å². The van der Waals surface area contributed by atoms with Crippen molar-refractivity contribution in [1.82, 2.24) is 5.32 Å². The Bertz CT molecular complexity index is 410. The minimum atomic E-state index is -0.311. The van der Waals surface area contributed by atoms with Gasteiger partial charge in [0.2, 0.25) is 0 Å². The SMILES string of the molecule is CCCNC(CCOCC)Cc1ccccc1[N+](=O)[O-]. The highest BCUT2D eigenvalue weighted by Crippen LogP contribution is 2.20. The first-order valence-electron chi connectivity index (χ1n) is 7.22. The Morgan fingerprint density at radius 1 is 1.35 bits per heavy atom. The van der Waals surface area contributed by atoms with Crippen molar-refractivity contribution in [2.45, 2.75) is 39.2 Å². The number of rotatable bonds is 10. The molecule has 1 aromatic rings. The summed E-state index contributed by atoms with van der Waals surface area (Å²) in [5.74, 6) is 0. The molecule has 0 saturated heterocycles. The van der Waals surface area contributed by atoms with E-state index in [2.05, 4.69) is 12.2 Å². The maximum Gasteiger partial charge on any atom is 0.272 e. The second kappa shape index (κ2) is 9.44. The van der Waals surface area contributed by atoms with Crippen LogP contribution in [0.15, 0.2) is 24.3 Å². The number of nitro benzene ring substituents is 1. The van der Waals surface area contributed by atoms with E-state index in [-0.39, 0.29) is 16.7 Å². The zero-order valence-electron chi connectivity index (χ0n) is 12.3. The third-order valence-electron chi connectivity index (χ3n) is 3.15. The van der Waals surface area contributed by atoms with Crippen LogP contribution in [0.5, 0.6) is 0 Å². The van der Waals surface area contributed by atoms with Gasteiger partial charge in [0.1, 0.15) is 0 Å². The van der Waals surface area contributed by atoms with Gasteiger partial charge in [0.05, 0.1) is 4.92 Å². The number of hydrogen-bond acceptors (Lipinski definition) is 4. The third kappa shape index (κ3) is 5.67. The summed E-state index contributed by atoms with van der Waals surface area (Å²) in [5.41, 5.74) is 0.981. The van der Waals surface area contributed by atoms with E-state index in [0.717, 1.165) is 24.9 Å². The monoisotopic (exact) mass is 280 g/mol. The standard InChI is InChI=1S/C15H24N2O3/c1-3-10-16-14(9-11-20-4-2)12-13-7-5-6-8-15(13)17(18)19/h5-8,14,16H,3-4,9-12H2,1-2H3. The molecule has 1 N–H and O–H groups in total. The van der Waals surface area contributed by atoms with E-state index in [0.29, 0.717) is 19.6 Å². The zero-order valence-corrected chi connectivity index (χ0v) is 12.3. The van der Waals surface area contributed by atoms with E-state index in [4.69, 9.17) is 4.74 Å². The topological polar surface area (TPSA) is 64.4 Å². The smallest absolute Gasteiger partial charge is 0.272 e. The van der Waals surface area contributed by atoms with Gasteiger partial charge in [-0.3, -0.25) is 10.1 Å². The maximum absolute atomic E-state index is 11.0. The van der Waals surface area contributed by atoms with E-state index >= 15 is 0 Å². The van der Waals surface area contributed by atoms with Gasteiger partial charge in [-0.05, 0) is 32.7 Å². The van der Waals surface area contributed by atoms with E-state index in [9.17, 15) is 10.1 Å². The van der Waals surface area contributed by atoms with Crippen LogP contribution in [-0.2, 0) is 11.2 Å². The minimum Gasteiger partial charge on any atom is -0.382 e. The van der Waals surface area contributed by atoms with Crippen LogP contribution in [0.3, 0.4) is 0 Å². The van der Waals surface area contributed by atoms with E-state index in [1.165, 1.54) is 0 Å². The van der Waals surface area contributed by atoms with E-state index < -0.39 is 0 Å². The highest BCUT2D eigenvalue weighted by atomic mass is 16.6. The van der Waals surface area contributed by atoms with Gasteiger partial charge in [0, 0.05) is 30.9 Å². The molecule has 1 atom stereocenters.